The fourth-order valence-corrected chi connectivity index (χ4v) is 2.05. The molecule has 21 heavy (non-hydrogen) atoms. The molecule has 112 valence electrons. The number of carboxylic acid groups (broad SMARTS) is 1. The summed E-state index contributed by atoms with van der Waals surface area (Å²) in [6, 6.07) is 7.69. The number of aromatic nitrogens is 3. The van der Waals surface area contributed by atoms with Gasteiger partial charge in [-0.2, -0.15) is 0 Å². The minimum atomic E-state index is -0.759. The van der Waals surface area contributed by atoms with Crippen LogP contribution in [0.1, 0.15) is 36.1 Å². The van der Waals surface area contributed by atoms with Crippen molar-refractivity contribution in [2.45, 2.75) is 38.8 Å². The molecule has 0 saturated heterocycles. The van der Waals surface area contributed by atoms with Gasteiger partial charge in [-0.15, -0.1) is 5.10 Å². The summed E-state index contributed by atoms with van der Waals surface area (Å²) in [4.78, 5) is 10.4. The average Bonchev–Trinajstić information content (AvgIpc) is 2.92. The molecule has 0 bridgehead atoms. The molecule has 1 heterocycles. The van der Waals surface area contributed by atoms with Crippen molar-refractivity contribution in [1.82, 2.24) is 15.0 Å². The molecular formula is C15H19N3O3. The molecule has 0 aliphatic rings. The van der Waals surface area contributed by atoms with E-state index in [1.54, 1.807) is 4.68 Å². The van der Waals surface area contributed by atoms with Crippen LogP contribution in [0.15, 0.2) is 30.5 Å². The Labute approximate surface area is 123 Å². The van der Waals surface area contributed by atoms with Gasteiger partial charge in [0.15, 0.2) is 0 Å². The molecule has 1 aromatic carbocycles. The van der Waals surface area contributed by atoms with Gasteiger partial charge in [-0.1, -0.05) is 29.5 Å². The van der Waals surface area contributed by atoms with Gasteiger partial charge in [-0.25, -0.2) is 4.68 Å². The zero-order valence-corrected chi connectivity index (χ0v) is 11.8. The van der Waals surface area contributed by atoms with Crippen LogP contribution in [0.5, 0.6) is 0 Å². The summed E-state index contributed by atoms with van der Waals surface area (Å²) in [5.41, 5.74) is 2.86. The van der Waals surface area contributed by atoms with Gasteiger partial charge >= 0.3 is 5.97 Å². The molecule has 0 saturated carbocycles. The van der Waals surface area contributed by atoms with Crippen LogP contribution < -0.4 is 0 Å². The number of carbonyl (C=O) groups is 1. The number of hydrogen-bond donors (Lipinski definition) is 2. The molecule has 1 aromatic heterocycles. The third kappa shape index (κ3) is 5.00. The van der Waals surface area contributed by atoms with Crippen LogP contribution in [0.2, 0.25) is 0 Å². The second-order valence-corrected chi connectivity index (χ2v) is 4.98. The van der Waals surface area contributed by atoms with Gasteiger partial charge in [0.1, 0.15) is 0 Å². The molecule has 6 nitrogen and oxygen atoms in total. The van der Waals surface area contributed by atoms with Gasteiger partial charge in [0.05, 0.1) is 18.8 Å². The lowest BCUT2D eigenvalue weighted by Gasteiger charge is -2.02. The van der Waals surface area contributed by atoms with Gasteiger partial charge in [-0.05, 0) is 30.4 Å². The van der Waals surface area contributed by atoms with Crippen LogP contribution in [0.4, 0.5) is 0 Å². The van der Waals surface area contributed by atoms with Crippen molar-refractivity contribution in [1.29, 1.82) is 0 Å². The number of aliphatic carboxylic acids is 1. The Hall–Kier alpha value is -2.21. The molecule has 6 heteroatoms. The van der Waals surface area contributed by atoms with Crippen LogP contribution in [0.25, 0.3) is 0 Å². The van der Waals surface area contributed by atoms with E-state index in [0.717, 1.165) is 29.7 Å². The van der Waals surface area contributed by atoms with E-state index in [2.05, 4.69) is 10.3 Å². The highest BCUT2D eigenvalue weighted by molar-refractivity contribution is 5.66. The zero-order chi connectivity index (χ0) is 15.1. The van der Waals surface area contributed by atoms with E-state index in [4.69, 9.17) is 10.2 Å². The highest BCUT2D eigenvalue weighted by Gasteiger charge is 2.03. The summed E-state index contributed by atoms with van der Waals surface area (Å²) < 4.78 is 1.76. The summed E-state index contributed by atoms with van der Waals surface area (Å²) in [5.74, 6) is -0.759. The summed E-state index contributed by atoms with van der Waals surface area (Å²) in [6.45, 7) is 0.679. The number of rotatable bonds is 8. The minimum Gasteiger partial charge on any atom is -0.481 e. The smallest absolute Gasteiger partial charge is 0.303 e. The molecule has 2 aromatic rings. The predicted molar refractivity (Wildman–Crippen MR) is 76.7 cm³/mol. The molecule has 0 amide bonds. The van der Waals surface area contributed by atoms with Gasteiger partial charge in [-0.3, -0.25) is 4.79 Å². The van der Waals surface area contributed by atoms with Crippen molar-refractivity contribution >= 4 is 5.97 Å². The molecule has 0 aliphatic carbocycles. The number of hydrogen-bond acceptors (Lipinski definition) is 4. The van der Waals surface area contributed by atoms with Crippen molar-refractivity contribution in [3.8, 4) is 0 Å². The first kappa shape index (κ1) is 15.2. The molecule has 0 atom stereocenters. The number of benzene rings is 1. The van der Waals surface area contributed by atoms with Crippen molar-refractivity contribution in [2.75, 3.05) is 0 Å². The fourth-order valence-electron chi connectivity index (χ4n) is 2.05. The van der Waals surface area contributed by atoms with E-state index in [1.807, 2.05) is 30.5 Å². The topological polar surface area (TPSA) is 88.2 Å². The zero-order valence-electron chi connectivity index (χ0n) is 11.8. The lowest BCUT2D eigenvalue weighted by molar-refractivity contribution is -0.137. The first-order valence-corrected chi connectivity index (χ1v) is 6.97. The maximum absolute atomic E-state index is 10.4. The molecule has 2 N–H and O–H groups in total. The van der Waals surface area contributed by atoms with Gasteiger partial charge in [0.25, 0.3) is 0 Å². The molecule has 2 rings (SSSR count). The molecule has 0 fully saturated rings. The van der Waals surface area contributed by atoms with Crippen molar-refractivity contribution < 1.29 is 15.0 Å². The maximum Gasteiger partial charge on any atom is 0.303 e. The summed E-state index contributed by atoms with van der Waals surface area (Å²) in [6.07, 6.45) is 4.30. The quantitative estimate of drug-likeness (QED) is 0.721. The minimum absolute atomic E-state index is 0.0457. The Kier molecular flexibility index (Phi) is 5.45. The van der Waals surface area contributed by atoms with Gasteiger partial charge in [0.2, 0.25) is 0 Å². The second kappa shape index (κ2) is 7.54. The van der Waals surface area contributed by atoms with Gasteiger partial charge in [0, 0.05) is 12.6 Å². The third-order valence-electron chi connectivity index (χ3n) is 3.21. The number of aryl methyl sites for hydroxylation is 1. The highest BCUT2D eigenvalue weighted by atomic mass is 16.4. The van der Waals surface area contributed by atoms with Crippen LogP contribution in [0.3, 0.4) is 0 Å². The maximum atomic E-state index is 10.4. The Bertz CT molecular complexity index is 578. The van der Waals surface area contributed by atoms with E-state index in [0.29, 0.717) is 13.0 Å². The van der Waals surface area contributed by atoms with Crippen LogP contribution in [-0.4, -0.2) is 31.2 Å². The number of unbranched alkanes of at least 4 members (excludes halogenated alkanes) is 1. The first-order chi connectivity index (χ1) is 10.2. The summed E-state index contributed by atoms with van der Waals surface area (Å²) in [7, 11) is 0. The van der Waals surface area contributed by atoms with E-state index >= 15 is 0 Å². The van der Waals surface area contributed by atoms with E-state index in [9.17, 15) is 4.79 Å². The molecule has 0 aliphatic heterocycles. The van der Waals surface area contributed by atoms with E-state index in [1.165, 1.54) is 0 Å². The van der Waals surface area contributed by atoms with Crippen molar-refractivity contribution in [3.05, 3.63) is 47.3 Å². The van der Waals surface area contributed by atoms with Crippen molar-refractivity contribution in [3.63, 3.8) is 0 Å². The Morgan fingerprint density at radius 1 is 1.14 bits per heavy atom. The predicted octanol–water partition coefficient (Wildman–Crippen LogP) is 1.62. The highest BCUT2D eigenvalue weighted by Crippen LogP contribution is 2.08. The average molecular weight is 289 g/mol. The lowest BCUT2D eigenvalue weighted by Crippen LogP contribution is -2.00. The number of nitrogens with zero attached hydrogens (tertiary/aromatic N) is 3. The summed E-state index contributed by atoms with van der Waals surface area (Å²) in [5, 5.41) is 25.7. The van der Waals surface area contributed by atoms with Crippen LogP contribution >= 0.6 is 0 Å². The monoisotopic (exact) mass is 289 g/mol. The number of aliphatic hydroxyl groups excluding tert-OH is 1. The van der Waals surface area contributed by atoms with E-state index < -0.39 is 5.97 Å². The largest absolute Gasteiger partial charge is 0.481 e. The first-order valence-electron chi connectivity index (χ1n) is 6.97. The fraction of sp³-hybridized carbons (Fsp3) is 0.400. The normalized spacial score (nSPS) is 10.7. The van der Waals surface area contributed by atoms with Crippen molar-refractivity contribution in [2.24, 2.45) is 0 Å². The Balaban J connectivity index is 1.83. The van der Waals surface area contributed by atoms with E-state index in [-0.39, 0.29) is 13.0 Å². The van der Waals surface area contributed by atoms with Crippen LogP contribution in [-0.2, 0) is 24.4 Å². The molecule has 0 radical (unpaired) electrons. The standard InChI is InChI=1S/C15H19N3O3/c19-11-13-7-5-12(6-8-13)9-18-10-14(16-17-18)3-1-2-4-15(20)21/h5-8,10,19H,1-4,9,11H2,(H,20,21). The van der Waals surface area contributed by atoms with Crippen LogP contribution in [0, 0.1) is 0 Å². The second-order valence-electron chi connectivity index (χ2n) is 4.98. The van der Waals surface area contributed by atoms with Gasteiger partial charge < -0.3 is 10.2 Å². The Morgan fingerprint density at radius 3 is 2.52 bits per heavy atom. The SMILES string of the molecule is O=C(O)CCCCc1cn(Cc2ccc(CO)cc2)nn1. The molecule has 0 spiro atoms. The number of carboxylic acids is 1. The molecule has 0 unspecified atom stereocenters. The lowest BCUT2D eigenvalue weighted by atomic mass is 10.1. The molecular weight excluding hydrogens is 270 g/mol. The summed E-state index contributed by atoms with van der Waals surface area (Å²) >= 11 is 0. The Morgan fingerprint density at radius 2 is 1.86 bits per heavy atom. The number of aliphatic hydroxyl groups is 1. The third-order valence-corrected chi connectivity index (χ3v) is 3.21.